The molecule has 1 saturated heterocycles. The summed E-state index contributed by atoms with van der Waals surface area (Å²) in [5.74, 6) is 0.242. The van der Waals surface area contributed by atoms with Crippen molar-refractivity contribution in [1.82, 2.24) is 15.5 Å². The van der Waals surface area contributed by atoms with E-state index in [1.807, 2.05) is 24.3 Å². The van der Waals surface area contributed by atoms with E-state index in [9.17, 15) is 14.4 Å². The Morgan fingerprint density at radius 3 is 2.68 bits per heavy atom. The summed E-state index contributed by atoms with van der Waals surface area (Å²) < 4.78 is 0. The first kappa shape index (κ1) is 18.1. The van der Waals surface area contributed by atoms with Crippen molar-refractivity contribution in [3.8, 4) is 0 Å². The van der Waals surface area contributed by atoms with Crippen LogP contribution in [0, 0.1) is 5.92 Å². The first-order valence-electron chi connectivity index (χ1n) is 8.19. The van der Waals surface area contributed by atoms with Crippen molar-refractivity contribution in [2.45, 2.75) is 30.2 Å². The number of imide groups is 1. The van der Waals surface area contributed by atoms with Crippen LogP contribution in [0.1, 0.15) is 19.8 Å². The number of hydrogen-bond donors (Lipinski definition) is 2. The first-order chi connectivity index (χ1) is 11.9. The van der Waals surface area contributed by atoms with Gasteiger partial charge < -0.3 is 10.6 Å². The van der Waals surface area contributed by atoms with Crippen molar-refractivity contribution in [3.05, 3.63) is 29.3 Å². The Morgan fingerprint density at radius 2 is 2.04 bits per heavy atom. The van der Waals surface area contributed by atoms with Gasteiger partial charge in [0, 0.05) is 22.2 Å². The van der Waals surface area contributed by atoms with Crippen LogP contribution >= 0.6 is 23.4 Å². The van der Waals surface area contributed by atoms with E-state index in [0.29, 0.717) is 17.3 Å². The van der Waals surface area contributed by atoms with Crippen molar-refractivity contribution in [3.63, 3.8) is 0 Å². The number of nitrogens with one attached hydrogen (secondary N) is 2. The van der Waals surface area contributed by atoms with E-state index >= 15 is 0 Å². The van der Waals surface area contributed by atoms with E-state index < -0.39 is 11.6 Å². The maximum Gasteiger partial charge on any atom is 0.325 e. The predicted molar refractivity (Wildman–Crippen MR) is 96.6 cm³/mol. The first-order valence-corrected chi connectivity index (χ1v) is 9.55. The molecule has 0 spiro atoms. The second-order valence-corrected chi connectivity index (χ2v) is 8.06. The van der Waals surface area contributed by atoms with Gasteiger partial charge in [-0.25, -0.2) is 4.79 Å². The van der Waals surface area contributed by atoms with Crippen LogP contribution in [0.25, 0.3) is 0 Å². The Balaban J connectivity index is 1.42. The van der Waals surface area contributed by atoms with E-state index in [1.54, 1.807) is 18.7 Å². The minimum absolute atomic E-state index is 0.188. The highest BCUT2D eigenvalue weighted by molar-refractivity contribution is 7.99. The highest BCUT2D eigenvalue weighted by Gasteiger charge is 2.56. The van der Waals surface area contributed by atoms with Crippen molar-refractivity contribution in [1.29, 1.82) is 0 Å². The van der Waals surface area contributed by atoms with Gasteiger partial charge in [0.25, 0.3) is 5.91 Å². The fraction of sp³-hybridized carbons (Fsp3) is 0.471. The lowest BCUT2D eigenvalue weighted by molar-refractivity contribution is -0.135. The number of carbonyl (C=O) groups is 3. The molecule has 134 valence electrons. The van der Waals surface area contributed by atoms with Gasteiger partial charge in [-0.2, -0.15) is 0 Å². The quantitative estimate of drug-likeness (QED) is 0.431. The molecule has 2 aliphatic rings. The molecule has 1 aliphatic carbocycles. The molecule has 0 unspecified atom stereocenters. The lowest BCUT2D eigenvalue weighted by Gasteiger charge is -2.20. The summed E-state index contributed by atoms with van der Waals surface area (Å²) in [6.07, 6.45) is 1.87. The number of amides is 4. The van der Waals surface area contributed by atoms with Crippen LogP contribution in [0.2, 0.25) is 5.02 Å². The highest BCUT2D eigenvalue weighted by atomic mass is 35.5. The minimum Gasteiger partial charge on any atom is -0.354 e. The average molecular weight is 382 g/mol. The van der Waals surface area contributed by atoms with Crippen molar-refractivity contribution in [2.75, 3.05) is 18.8 Å². The molecule has 1 heterocycles. The van der Waals surface area contributed by atoms with Gasteiger partial charge in [-0.3, -0.25) is 14.5 Å². The molecule has 4 amide bonds. The molecule has 0 aromatic heterocycles. The highest BCUT2D eigenvalue weighted by Crippen LogP contribution is 2.42. The third kappa shape index (κ3) is 4.10. The number of thioether (sulfide) groups is 1. The molecule has 1 aromatic carbocycles. The van der Waals surface area contributed by atoms with Crippen LogP contribution in [-0.4, -0.2) is 47.1 Å². The standard InChI is InChI=1S/C17H20ClN3O3S/c1-17(11-2-3-11)15(23)21(16(24)20-17)10-14(22)19-8-9-25-13-6-4-12(18)5-7-13/h4-7,11H,2-3,8-10H2,1H3,(H,19,22)(H,20,24)/t17-/m0/s1. The zero-order chi connectivity index (χ0) is 18.0. The molecular formula is C17H20ClN3O3S. The summed E-state index contributed by atoms with van der Waals surface area (Å²) in [4.78, 5) is 38.6. The number of hydrogen-bond acceptors (Lipinski definition) is 4. The van der Waals surface area contributed by atoms with E-state index in [0.717, 1.165) is 22.6 Å². The molecule has 8 heteroatoms. The van der Waals surface area contributed by atoms with E-state index in [-0.39, 0.29) is 24.3 Å². The summed E-state index contributed by atoms with van der Waals surface area (Å²) in [6.45, 7) is 1.96. The third-order valence-corrected chi connectivity index (χ3v) is 5.77. The second kappa shape index (κ2) is 7.25. The number of benzene rings is 1. The number of nitrogens with zero attached hydrogens (tertiary/aromatic N) is 1. The van der Waals surface area contributed by atoms with Gasteiger partial charge in [-0.05, 0) is 49.9 Å². The molecule has 1 saturated carbocycles. The number of rotatable bonds is 7. The molecule has 1 atom stereocenters. The third-order valence-electron chi connectivity index (χ3n) is 4.50. The normalized spacial score (nSPS) is 22.9. The van der Waals surface area contributed by atoms with E-state index in [4.69, 9.17) is 11.6 Å². The molecule has 6 nitrogen and oxygen atoms in total. The number of urea groups is 1. The molecule has 0 bridgehead atoms. The van der Waals surface area contributed by atoms with Crippen molar-refractivity contribution < 1.29 is 14.4 Å². The molecule has 2 fully saturated rings. The van der Waals surface area contributed by atoms with Gasteiger partial charge in [0.05, 0.1) is 0 Å². The number of carbonyl (C=O) groups excluding carboxylic acids is 3. The molecule has 1 aliphatic heterocycles. The van der Waals surface area contributed by atoms with Gasteiger partial charge in [0.15, 0.2) is 0 Å². The largest absolute Gasteiger partial charge is 0.354 e. The van der Waals surface area contributed by atoms with Crippen LogP contribution in [0.3, 0.4) is 0 Å². The van der Waals surface area contributed by atoms with Crippen LogP contribution in [0.5, 0.6) is 0 Å². The van der Waals surface area contributed by atoms with Crippen LogP contribution in [-0.2, 0) is 9.59 Å². The molecule has 1 aromatic rings. The van der Waals surface area contributed by atoms with E-state index in [1.165, 1.54) is 0 Å². The Hall–Kier alpha value is -1.73. The maximum absolute atomic E-state index is 12.4. The Kier molecular flexibility index (Phi) is 5.24. The second-order valence-electron chi connectivity index (χ2n) is 6.45. The molecule has 25 heavy (non-hydrogen) atoms. The monoisotopic (exact) mass is 381 g/mol. The van der Waals surface area contributed by atoms with Crippen molar-refractivity contribution >= 4 is 41.2 Å². The van der Waals surface area contributed by atoms with Crippen LogP contribution < -0.4 is 10.6 Å². The van der Waals surface area contributed by atoms with E-state index in [2.05, 4.69) is 10.6 Å². The fourth-order valence-electron chi connectivity index (χ4n) is 2.89. The molecule has 0 radical (unpaired) electrons. The van der Waals surface area contributed by atoms with Crippen molar-refractivity contribution in [2.24, 2.45) is 5.92 Å². The summed E-state index contributed by atoms with van der Waals surface area (Å²) >= 11 is 7.43. The lowest BCUT2D eigenvalue weighted by atomic mass is 9.96. The van der Waals surface area contributed by atoms with Gasteiger partial charge in [0.2, 0.25) is 5.91 Å². The van der Waals surface area contributed by atoms with Gasteiger partial charge in [-0.1, -0.05) is 11.6 Å². The molecule has 3 rings (SSSR count). The lowest BCUT2D eigenvalue weighted by Crippen LogP contribution is -2.47. The zero-order valence-electron chi connectivity index (χ0n) is 13.9. The van der Waals surface area contributed by atoms with Gasteiger partial charge in [-0.15, -0.1) is 11.8 Å². The smallest absolute Gasteiger partial charge is 0.325 e. The van der Waals surface area contributed by atoms with Crippen LogP contribution in [0.4, 0.5) is 4.79 Å². The maximum atomic E-state index is 12.4. The Bertz CT molecular complexity index is 693. The number of halogens is 1. The predicted octanol–water partition coefficient (Wildman–Crippen LogP) is 2.27. The molecule has 2 N–H and O–H groups in total. The van der Waals surface area contributed by atoms with Crippen LogP contribution in [0.15, 0.2) is 29.2 Å². The fourth-order valence-corrected chi connectivity index (χ4v) is 3.78. The molecular weight excluding hydrogens is 362 g/mol. The Labute approximate surface area is 155 Å². The Morgan fingerprint density at radius 1 is 1.36 bits per heavy atom. The summed E-state index contributed by atoms with van der Waals surface area (Å²) in [5, 5.41) is 6.16. The average Bonchev–Trinajstić information content (AvgIpc) is 3.40. The minimum atomic E-state index is -0.845. The SMILES string of the molecule is C[C@@]1(C2CC2)NC(=O)N(CC(=O)NCCSc2ccc(Cl)cc2)C1=O. The van der Waals surface area contributed by atoms with Gasteiger partial charge >= 0.3 is 6.03 Å². The summed E-state index contributed by atoms with van der Waals surface area (Å²) in [5.41, 5.74) is -0.845. The van der Waals surface area contributed by atoms with Gasteiger partial charge in [0.1, 0.15) is 12.1 Å². The topological polar surface area (TPSA) is 78.5 Å². The summed E-state index contributed by atoms with van der Waals surface area (Å²) in [7, 11) is 0. The summed E-state index contributed by atoms with van der Waals surface area (Å²) in [6, 6.07) is 6.99. The zero-order valence-corrected chi connectivity index (χ0v) is 15.5.